The zero-order chi connectivity index (χ0) is 28.7. The normalized spacial score (nSPS) is 37.5. The molecule has 218 valence electrons. The van der Waals surface area contributed by atoms with E-state index >= 15 is 0 Å². The van der Waals surface area contributed by atoms with Gasteiger partial charge in [0.05, 0.1) is 11.0 Å². The molecule has 4 aliphatic carbocycles. The molecule has 0 bridgehead atoms. The number of fused-ring (bicyclic) bond motifs is 5. The van der Waals surface area contributed by atoms with E-state index in [-0.39, 0.29) is 22.9 Å². The highest BCUT2D eigenvalue weighted by atomic mass is 16.5. The average Bonchev–Trinajstić information content (AvgIpc) is 3.37. The maximum Gasteiger partial charge on any atom is 0.302 e. The number of esters is 1. The van der Waals surface area contributed by atoms with Crippen LogP contribution in [0.15, 0.2) is 35.4 Å². The molecular formula is C36H52N2O2. The van der Waals surface area contributed by atoms with Crippen LogP contribution in [-0.2, 0) is 23.0 Å². The van der Waals surface area contributed by atoms with Gasteiger partial charge >= 0.3 is 5.97 Å². The van der Waals surface area contributed by atoms with Gasteiger partial charge in [-0.3, -0.25) is 4.79 Å². The van der Waals surface area contributed by atoms with Crippen LogP contribution < -0.4 is 0 Å². The molecule has 0 radical (unpaired) electrons. The molecule has 0 N–H and O–H groups in total. The molecule has 7 atom stereocenters. The number of aryl methyl sites for hydroxylation is 2. The van der Waals surface area contributed by atoms with Crippen LogP contribution >= 0.6 is 0 Å². The van der Waals surface area contributed by atoms with Crippen molar-refractivity contribution >= 4 is 17.0 Å². The minimum absolute atomic E-state index is 0.0152. The van der Waals surface area contributed by atoms with E-state index in [1.165, 1.54) is 56.3 Å². The van der Waals surface area contributed by atoms with E-state index in [4.69, 9.17) is 9.72 Å². The van der Waals surface area contributed by atoms with Crippen molar-refractivity contribution < 1.29 is 9.53 Å². The Morgan fingerprint density at radius 3 is 2.50 bits per heavy atom. The van der Waals surface area contributed by atoms with E-state index < -0.39 is 0 Å². The van der Waals surface area contributed by atoms with Crippen LogP contribution in [0.5, 0.6) is 0 Å². The molecule has 4 nitrogen and oxygen atoms in total. The number of para-hydroxylation sites is 2. The van der Waals surface area contributed by atoms with E-state index in [1.54, 1.807) is 6.92 Å². The van der Waals surface area contributed by atoms with Crippen LogP contribution in [0.1, 0.15) is 112 Å². The number of aromatic nitrogens is 2. The third-order valence-corrected chi connectivity index (χ3v) is 13.5. The highest BCUT2D eigenvalue weighted by Gasteiger charge is 2.63. The third kappa shape index (κ3) is 3.90. The quantitative estimate of drug-likeness (QED) is 0.279. The molecule has 0 spiro atoms. The minimum atomic E-state index is -0.124. The predicted molar refractivity (Wildman–Crippen MR) is 163 cm³/mol. The largest absolute Gasteiger partial charge is 0.462 e. The molecule has 4 aliphatic rings. The molecule has 1 aromatic heterocycles. The number of imidazole rings is 1. The highest BCUT2D eigenvalue weighted by molar-refractivity contribution is 5.75. The van der Waals surface area contributed by atoms with Crippen LogP contribution in [0.4, 0.5) is 0 Å². The second-order valence-electron chi connectivity index (χ2n) is 15.4. The van der Waals surface area contributed by atoms with E-state index in [1.807, 2.05) is 11.1 Å². The van der Waals surface area contributed by atoms with Crippen LogP contribution in [0.2, 0.25) is 0 Å². The van der Waals surface area contributed by atoms with Crippen molar-refractivity contribution in [3.63, 3.8) is 0 Å². The van der Waals surface area contributed by atoms with Crippen LogP contribution in [-0.4, -0.2) is 21.6 Å². The summed E-state index contributed by atoms with van der Waals surface area (Å²) in [4.78, 5) is 16.9. The Hall–Kier alpha value is -2.10. The molecule has 0 unspecified atom stereocenters. The molecule has 1 aromatic carbocycles. The maximum atomic E-state index is 11.9. The Labute approximate surface area is 242 Å². The Kier molecular flexibility index (Phi) is 6.63. The monoisotopic (exact) mass is 544 g/mol. The fourth-order valence-corrected chi connectivity index (χ4v) is 11.0. The second kappa shape index (κ2) is 9.46. The smallest absolute Gasteiger partial charge is 0.302 e. The first-order valence-electron chi connectivity index (χ1n) is 16.1. The van der Waals surface area contributed by atoms with Gasteiger partial charge in [-0.05, 0) is 104 Å². The Morgan fingerprint density at radius 2 is 1.77 bits per heavy atom. The highest BCUT2D eigenvalue weighted by Crippen LogP contribution is 2.72. The van der Waals surface area contributed by atoms with Crippen LogP contribution in [0.25, 0.3) is 11.0 Å². The maximum absolute atomic E-state index is 11.9. The Balaban J connectivity index is 1.24. The van der Waals surface area contributed by atoms with Gasteiger partial charge in [-0.1, -0.05) is 64.8 Å². The van der Waals surface area contributed by atoms with Gasteiger partial charge in [-0.2, -0.15) is 0 Å². The first-order chi connectivity index (χ1) is 18.8. The third-order valence-electron chi connectivity index (χ3n) is 13.5. The van der Waals surface area contributed by atoms with E-state index in [0.717, 1.165) is 30.7 Å². The average molecular weight is 545 g/mol. The summed E-state index contributed by atoms with van der Waals surface area (Å²) in [6, 6.07) is 8.53. The van der Waals surface area contributed by atoms with Crippen LogP contribution in [0, 0.1) is 39.4 Å². The Bertz CT molecular complexity index is 1350. The SMILES string of the molecule is CC(=O)O[C@H]1CC[C@]2(C)C3=C(CC[C@H]2C1(C)C)[C@]1(C)CC[C@H]([C@H](C)CCc2nc4ccccc4n2C)[C@@]1(C)CC3. The number of ether oxygens (including phenoxy) is 1. The van der Waals surface area contributed by atoms with E-state index in [0.29, 0.717) is 22.7 Å². The lowest BCUT2D eigenvalue weighted by Gasteiger charge is -2.62. The minimum Gasteiger partial charge on any atom is -0.462 e. The molecular weight excluding hydrogens is 492 g/mol. The summed E-state index contributed by atoms with van der Waals surface area (Å²) in [5.41, 5.74) is 6.94. The van der Waals surface area contributed by atoms with Gasteiger partial charge in [0, 0.05) is 25.8 Å². The molecule has 40 heavy (non-hydrogen) atoms. The number of rotatable bonds is 5. The van der Waals surface area contributed by atoms with Crippen molar-refractivity contribution in [2.45, 2.75) is 119 Å². The molecule has 2 saturated carbocycles. The van der Waals surface area contributed by atoms with Gasteiger partial charge in [-0.15, -0.1) is 0 Å². The van der Waals surface area contributed by atoms with Crippen molar-refractivity contribution in [3.8, 4) is 0 Å². The van der Waals surface area contributed by atoms with Crippen molar-refractivity contribution in [3.05, 3.63) is 41.2 Å². The number of nitrogens with zero attached hydrogens (tertiary/aromatic N) is 2. The van der Waals surface area contributed by atoms with Gasteiger partial charge in [-0.25, -0.2) is 4.98 Å². The topological polar surface area (TPSA) is 44.1 Å². The number of hydrogen-bond acceptors (Lipinski definition) is 3. The lowest BCUT2D eigenvalue weighted by molar-refractivity contribution is -0.167. The van der Waals surface area contributed by atoms with E-state index in [9.17, 15) is 4.79 Å². The molecule has 0 saturated heterocycles. The first-order valence-corrected chi connectivity index (χ1v) is 16.1. The summed E-state index contributed by atoms with van der Waals surface area (Å²) in [7, 11) is 2.18. The summed E-state index contributed by atoms with van der Waals surface area (Å²) >= 11 is 0. The summed E-state index contributed by atoms with van der Waals surface area (Å²) in [5, 5.41) is 0. The molecule has 6 rings (SSSR count). The van der Waals surface area contributed by atoms with Gasteiger partial charge < -0.3 is 9.30 Å². The summed E-state index contributed by atoms with van der Waals surface area (Å²) in [6.07, 6.45) is 12.2. The van der Waals surface area contributed by atoms with Crippen molar-refractivity contribution in [2.24, 2.45) is 46.5 Å². The van der Waals surface area contributed by atoms with Gasteiger partial charge in [0.25, 0.3) is 0 Å². The molecule has 1 heterocycles. The summed E-state index contributed by atoms with van der Waals surface area (Å²) < 4.78 is 8.20. The van der Waals surface area contributed by atoms with Crippen molar-refractivity contribution in [2.75, 3.05) is 0 Å². The standard InChI is InChI=1S/C36H52N2O2/c1-23(13-16-32-37-28-11-9-10-12-29(28)38(32)8)25-17-21-36(7)27-14-15-30-33(3,4)31(40-24(2)39)19-20-34(30,5)26(27)18-22-35(25,36)6/h9-12,23,25,30-31H,13-22H2,1-8H3/t23-,25-,30+,31+,34-,35-,36+/m1/s1. The molecule has 2 aromatic rings. The number of carbonyl (C=O) groups excluding carboxylic acids is 1. The number of allylic oxidation sites excluding steroid dienone is 2. The second-order valence-corrected chi connectivity index (χ2v) is 15.4. The number of benzene rings is 1. The number of hydrogen-bond donors (Lipinski definition) is 0. The van der Waals surface area contributed by atoms with E-state index in [2.05, 4.69) is 77.4 Å². The summed E-state index contributed by atoms with van der Waals surface area (Å²) in [6.45, 7) is 16.8. The molecule has 2 fully saturated rings. The predicted octanol–water partition coefficient (Wildman–Crippen LogP) is 8.82. The fourth-order valence-electron chi connectivity index (χ4n) is 11.0. The molecule has 0 amide bonds. The zero-order valence-electron chi connectivity index (χ0n) is 26.4. The molecule has 0 aliphatic heterocycles. The summed E-state index contributed by atoms with van der Waals surface area (Å²) in [5.74, 6) is 3.14. The molecule has 4 heteroatoms. The zero-order valence-corrected chi connectivity index (χ0v) is 26.4. The first kappa shape index (κ1) is 28.0. The van der Waals surface area contributed by atoms with Crippen LogP contribution in [0.3, 0.4) is 0 Å². The lowest BCUT2D eigenvalue weighted by Crippen LogP contribution is -2.55. The van der Waals surface area contributed by atoms with Crippen molar-refractivity contribution in [1.82, 2.24) is 9.55 Å². The Morgan fingerprint density at radius 1 is 1.02 bits per heavy atom. The van der Waals surface area contributed by atoms with Gasteiger partial charge in [0.15, 0.2) is 0 Å². The lowest BCUT2D eigenvalue weighted by atomic mass is 9.43. The fraction of sp³-hybridized carbons (Fsp3) is 0.722. The number of carbonyl (C=O) groups is 1. The van der Waals surface area contributed by atoms with Gasteiger partial charge in [0.2, 0.25) is 0 Å². The van der Waals surface area contributed by atoms with Crippen molar-refractivity contribution in [1.29, 1.82) is 0 Å². The van der Waals surface area contributed by atoms with Gasteiger partial charge in [0.1, 0.15) is 11.9 Å².